The quantitative estimate of drug-likeness (QED) is 0.798. The second-order valence-corrected chi connectivity index (χ2v) is 5.38. The smallest absolute Gasteiger partial charge is 0.155 e. The predicted octanol–water partition coefficient (Wildman–Crippen LogP) is 2.74. The van der Waals surface area contributed by atoms with Crippen LogP contribution in [0.5, 0.6) is 0 Å². The molecule has 0 radical (unpaired) electrons. The monoisotopic (exact) mass is 331 g/mol. The first-order chi connectivity index (χ1) is 9.74. The van der Waals surface area contributed by atoms with Crippen molar-refractivity contribution >= 4 is 21.6 Å². The van der Waals surface area contributed by atoms with Crippen molar-refractivity contribution in [3.63, 3.8) is 0 Å². The maximum Gasteiger partial charge on any atom is 0.155 e. The van der Waals surface area contributed by atoms with Crippen LogP contribution >= 0.6 is 15.9 Å². The lowest BCUT2D eigenvalue weighted by atomic mass is 10.1. The van der Waals surface area contributed by atoms with E-state index < -0.39 is 0 Å². The van der Waals surface area contributed by atoms with Gasteiger partial charge in [0.05, 0.1) is 18.1 Å². The lowest BCUT2D eigenvalue weighted by Crippen LogP contribution is -2.19. The molecule has 1 atom stereocenters. The molecule has 0 unspecified atom stereocenters. The Labute approximate surface area is 125 Å². The van der Waals surface area contributed by atoms with Crippen molar-refractivity contribution in [3.05, 3.63) is 59.0 Å². The summed E-state index contributed by atoms with van der Waals surface area (Å²) in [5.41, 5.74) is 3.17. The maximum atomic E-state index is 4.34. The summed E-state index contributed by atoms with van der Waals surface area (Å²) in [6.45, 7) is 2.87. The van der Waals surface area contributed by atoms with Gasteiger partial charge in [-0.1, -0.05) is 0 Å². The Morgan fingerprint density at radius 2 is 2.05 bits per heavy atom. The van der Waals surface area contributed by atoms with Gasteiger partial charge in [-0.3, -0.25) is 9.38 Å². The molecule has 0 aliphatic rings. The largest absolute Gasteiger partial charge is 0.305 e. The third kappa shape index (κ3) is 2.71. The first-order valence-electron chi connectivity index (χ1n) is 6.35. The van der Waals surface area contributed by atoms with Crippen LogP contribution in [0.4, 0.5) is 0 Å². The molecule has 0 fully saturated rings. The lowest BCUT2D eigenvalue weighted by Gasteiger charge is -2.13. The van der Waals surface area contributed by atoms with Gasteiger partial charge in [0.2, 0.25) is 0 Å². The molecule has 3 aromatic rings. The molecule has 3 heterocycles. The number of aromatic nitrogens is 4. The van der Waals surface area contributed by atoms with E-state index in [4.69, 9.17) is 0 Å². The number of hydrogen-bond acceptors (Lipinski definition) is 4. The Balaban J connectivity index is 1.75. The average molecular weight is 332 g/mol. The number of fused-ring (bicyclic) bond motifs is 1. The first-order valence-corrected chi connectivity index (χ1v) is 7.14. The molecule has 5 nitrogen and oxygen atoms in total. The van der Waals surface area contributed by atoms with Crippen molar-refractivity contribution in [1.29, 1.82) is 0 Å². The fourth-order valence-corrected chi connectivity index (χ4v) is 2.38. The third-order valence-electron chi connectivity index (χ3n) is 3.24. The van der Waals surface area contributed by atoms with Crippen LogP contribution in [0.1, 0.15) is 24.2 Å². The van der Waals surface area contributed by atoms with E-state index in [1.807, 2.05) is 41.3 Å². The summed E-state index contributed by atoms with van der Waals surface area (Å²) in [5.74, 6) is 0. The van der Waals surface area contributed by atoms with Gasteiger partial charge in [0.25, 0.3) is 0 Å². The van der Waals surface area contributed by atoms with Gasteiger partial charge in [-0.15, -0.1) is 0 Å². The fraction of sp³-hybridized carbons (Fsp3) is 0.214. The van der Waals surface area contributed by atoms with Crippen LogP contribution in [0, 0.1) is 0 Å². The molecule has 1 N–H and O–H groups in total. The predicted molar refractivity (Wildman–Crippen MR) is 80.2 cm³/mol. The molecule has 20 heavy (non-hydrogen) atoms. The van der Waals surface area contributed by atoms with Gasteiger partial charge >= 0.3 is 0 Å². The summed E-state index contributed by atoms with van der Waals surface area (Å²) in [5, 5.41) is 3.49. The van der Waals surface area contributed by atoms with Crippen molar-refractivity contribution in [2.45, 2.75) is 19.5 Å². The standard InChI is InChI=1S/C14H14BrN5/c1-10(11-2-4-16-5-3-11)17-6-12-7-19-14-8-18-13(15)9-20(12)14/h2-5,7-10,17H,6H2,1H3/t10-/m0/s1. The van der Waals surface area contributed by atoms with Crippen LogP contribution < -0.4 is 5.32 Å². The highest BCUT2D eigenvalue weighted by atomic mass is 79.9. The first kappa shape index (κ1) is 13.2. The molecular formula is C14H14BrN5. The van der Waals surface area contributed by atoms with Gasteiger partial charge in [0, 0.05) is 31.2 Å². The van der Waals surface area contributed by atoms with E-state index in [1.165, 1.54) is 5.56 Å². The summed E-state index contributed by atoms with van der Waals surface area (Å²) in [4.78, 5) is 12.5. The second-order valence-electron chi connectivity index (χ2n) is 4.57. The molecular weight excluding hydrogens is 318 g/mol. The van der Waals surface area contributed by atoms with Crippen molar-refractivity contribution in [3.8, 4) is 0 Å². The molecule has 0 bridgehead atoms. The summed E-state index contributed by atoms with van der Waals surface area (Å²) < 4.78 is 2.83. The van der Waals surface area contributed by atoms with Crippen molar-refractivity contribution in [1.82, 2.24) is 24.7 Å². The van der Waals surface area contributed by atoms with Crippen LogP contribution in [0.3, 0.4) is 0 Å². The number of pyridine rings is 1. The zero-order chi connectivity index (χ0) is 13.9. The molecule has 0 aliphatic carbocycles. The molecule has 0 saturated carbocycles. The lowest BCUT2D eigenvalue weighted by molar-refractivity contribution is 0.565. The Morgan fingerprint density at radius 3 is 2.85 bits per heavy atom. The molecule has 0 aliphatic heterocycles. The molecule has 6 heteroatoms. The van der Waals surface area contributed by atoms with Crippen LogP contribution in [0.15, 0.2) is 47.7 Å². The number of nitrogens with zero attached hydrogens (tertiary/aromatic N) is 4. The summed E-state index contributed by atoms with van der Waals surface area (Å²) in [6, 6.07) is 4.30. The van der Waals surface area contributed by atoms with Crippen molar-refractivity contribution in [2.24, 2.45) is 0 Å². The summed E-state index contributed by atoms with van der Waals surface area (Å²) >= 11 is 3.38. The second kappa shape index (κ2) is 5.68. The molecule has 3 aromatic heterocycles. The molecule has 0 amide bonds. The van der Waals surface area contributed by atoms with Gasteiger partial charge < -0.3 is 5.32 Å². The molecule has 102 valence electrons. The van der Waals surface area contributed by atoms with E-state index in [-0.39, 0.29) is 6.04 Å². The number of nitrogens with one attached hydrogen (secondary N) is 1. The maximum absolute atomic E-state index is 4.34. The summed E-state index contributed by atoms with van der Waals surface area (Å²) in [6.07, 6.45) is 9.17. The topological polar surface area (TPSA) is 55.1 Å². The minimum Gasteiger partial charge on any atom is -0.305 e. The Hall–Kier alpha value is -1.79. The van der Waals surface area contributed by atoms with Gasteiger partial charge in [0.15, 0.2) is 5.65 Å². The van der Waals surface area contributed by atoms with E-state index in [9.17, 15) is 0 Å². The van der Waals surface area contributed by atoms with Gasteiger partial charge in [-0.25, -0.2) is 9.97 Å². The Morgan fingerprint density at radius 1 is 1.25 bits per heavy atom. The average Bonchev–Trinajstić information content (AvgIpc) is 2.88. The zero-order valence-corrected chi connectivity index (χ0v) is 12.6. The number of rotatable bonds is 4. The van der Waals surface area contributed by atoms with E-state index in [0.29, 0.717) is 0 Å². The van der Waals surface area contributed by atoms with Crippen molar-refractivity contribution < 1.29 is 0 Å². The van der Waals surface area contributed by atoms with E-state index in [2.05, 4.69) is 43.1 Å². The molecule has 3 rings (SSSR count). The zero-order valence-electron chi connectivity index (χ0n) is 11.0. The fourth-order valence-electron chi connectivity index (χ4n) is 2.07. The van der Waals surface area contributed by atoms with E-state index >= 15 is 0 Å². The van der Waals surface area contributed by atoms with E-state index in [1.54, 1.807) is 6.20 Å². The van der Waals surface area contributed by atoms with Gasteiger partial charge in [0.1, 0.15) is 4.60 Å². The highest BCUT2D eigenvalue weighted by molar-refractivity contribution is 9.10. The van der Waals surface area contributed by atoms with Gasteiger partial charge in [-0.05, 0) is 40.5 Å². The van der Waals surface area contributed by atoms with Crippen molar-refractivity contribution in [2.75, 3.05) is 0 Å². The van der Waals surface area contributed by atoms with Crippen LogP contribution in [-0.4, -0.2) is 19.4 Å². The highest BCUT2D eigenvalue weighted by Gasteiger charge is 2.07. The number of hydrogen-bond donors (Lipinski definition) is 1. The molecule has 0 saturated heterocycles. The van der Waals surface area contributed by atoms with Crippen LogP contribution in [0.2, 0.25) is 0 Å². The SMILES string of the molecule is C[C@H](NCc1cnc2cnc(Br)cn12)c1ccncc1. The summed E-state index contributed by atoms with van der Waals surface area (Å²) in [7, 11) is 0. The van der Waals surface area contributed by atoms with Crippen LogP contribution in [0.25, 0.3) is 5.65 Å². The third-order valence-corrected chi connectivity index (χ3v) is 3.65. The molecule has 0 aromatic carbocycles. The Kier molecular flexibility index (Phi) is 3.75. The number of imidazole rings is 1. The normalized spacial score (nSPS) is 12.7. The van der Waals surface area contributed by atoms with Crippen LogP contribution in [-0.2, 0) is 6.54 Å². The van der Waals surface area contributed by atoms with Gasteiger partial charge in [-0.2, -0.15) is 0 Å². The minimum atomic E-state index is 0.258. The Bertz CT molecular complexity index is 710. The highest BCUT2D eigenvalue weighted by Crippen LogP contribution is 2.14. The van der Waals surface area contributed by atoms with E-state index in [0.717, 1.165) is 22.5 Å². The molecule has 0 spiro atoms. The minimum absolute atomic E-state index is 0.258. The number of halogens is 1.